The van der Waals surface area contributed by atoms with Gasteiger partial charge < -0.3 is 16.0 Å². The average molecular weight is 383 g/mol. The molecule has 1 aliphatic heterocycles. The van der Waals surface area contributed by atoms with Crippen LogP contribution in [0.5, 0.6) is 0 Å². The Morgan fingerprint density at radius 2 is 2.18 bits per heavy atom. The molecule has 150 valence electrons. The van der Waals surface area contributed by atoms with Crippen LogP contribution in [-0.4, -0.2) is 40.7 Å². The number of carbonyl (C=O) groups is 2. The van der Waals surface area contributed by atoms with Crippen LogP contribution >= 0.6 is 0 Å². The van der Waals surface area contributed by atoms with E-state index in [4.69, 9.17) is 0 Å². The second-order valence-electron chi connectivity index (χ2n) is 7.52. The first-order valence-electron chi connectivity index (χ1n) is 9.84. The predicted octanol–water partition coefficient (Wildman–Crippen LogP) is 1.57. The normalized spacial score (nSPS) is 20.0. The summed E-state index contributed by atoms with van der Waals surface area (Å²) in [5.41, 5.74) is 2.60. The first-order valence-corrected chi connectivity index (χ1v) is 9.84. The van der Waals surface area contributed by atoms with Gasteiger partial charge in [0.1, 0.15) is 0 Å². The summed E-state index contributed by atoms with van der Waals surface area (Å²) in [5, 5.41) is 13.5. The third-order valence-electron chi connectivity index (χ3n) is 5.35. The molecule has 1 fully saturated rings. The fourth-order valence-corrected chi connectivity index (χ4v) is 3.49. The molecule has 7 heteroatoms. The zero-order valence-electron chi connectivity index (χ0n) is 16.7. The Morgan fingerprint density at radius 3 is 2.89 bits per heavy atom. The second kappa shape index (κ2) is 9.01. The highest BCUT2D eigenvalue weighted by molar-refractivity contribution is 5.94. The standard InChI is InChI=1S/C21H29N5O2/c1-4-14(2)25-20(27)16-7-5-6-15(8-16)9-23-21(28)19-12-22-11-18(19)17-10-24-26(3)13-17/h5-8,10,13-14,18-19,22H,4,9,11-12H2,1-3H3,(H,23,28)(H,25,27)/t14?,18-,19+/m1/s1. The van der Waals surface area contributed by atoms with Crippen molar-refractivity contribution in [2.24, 2.45) is 13.0 Å². The summed E-state index contributed by atoms with van der Waals surface area (Å²) in [7, 11) is 1.88. The first-order chi connectivity index (χ1) is 13.5. The van der Waals surface area contributed by atoms with Gasteiger partial charge in [0.15, 0.2) is 0 Å². The smallest absolute Gasteiger partial charge is 0.251 e. The Hall–Kier alpha value is -2.67. The van der Waals surface area contributed by atoms with Gasteiger partial charge in [0.2, 0.25) is 5.91 Å². The van der Waals surface area contributed by atoms with Gasteiger partial charge in [0, 0.05) is 50.4 Å². The minimum Gasteiger partial charge on any atom is -0.352 e. The Labute approximate surface area is 165 Å². The van der Waals surface area contributed by atoms with Crippen molar-refractivity contribution in [1.29, 1.82) is 0 Å². The van der Waals surface area contributed by atoms with Gasteiger partial charge in [-0.05, 0) is 36.6 Å². The van der Waals surface area contributed by atoms with Crippen LogP contribution in [0, 0.1) is 5.92 Å². The van der Waals surface area contributed by atoms with Crippen LogP contribution in [0.3, 0.4) is 0 Å². The molecule has 3 atom stereocenters. The fraction of sp³-hybridized carbons (Fsp3) is 0.476. The lowest BCUT2D eigenvalue weighted by Crippen LogP contribution is -2.34. The number of rotatable bonds is 7. The number of aromatic nitrogens is 2. The second-order valence-corrected chi connectivity index (χ2v) is 7.52. The molecule has 0 bridgehead atoms. The number of benzene rings is 1. The number of amides is 2. The number of hydrogen-bond donors (Lipinski definition) is 3. The Morgan fingerprint density at radius 1 is 1.36 bits per heavy atom. The summed E-state index contributed by atoms with van der Waals surface area (Å²) in [6.45, 7) is 5.85. The summed E-state index contributed by atoms with van der Waals surface area (Å²) < 4.78 is 1.76. The van der Waals surface area contributed by atoms with Crippen LogP contribution in [0.1, 0.15) is 47.7 Å². The van der Waals surface area contributed by atoms with Crippen molar-refractivity contribution in [2.45, 2.75) is 38.8 Å². The Kier molecular flexibility index (Phi) is 6.46. The van der Waals surface area contributed by atoms with Crippen LogP contribution < -0.4 is 16.0 Å². The lowest BCUT2D eigenvalue weighted by Gasteiger charge is -2.17. The number of aryl methyl sites for hydroxylation is 1. The first kappa shape index (κ1) is 20.1. The van der Waals surface area contributed by atoms with E-state index in [0.717, 1.165) is 24.1 Å². The lowest BCUT2D eigenvalue weighted by molar-refractivity contribution is -0.125. The highest BCUT2D eigenvalue weighted by Gasteiger charge is 2.34. The van der Waals surface area contributed by atoms with E-state index in [1.807, 2.05) is 51.5 Å². The van der Waals surface area contributed by atoms with Gasteiger partial charge in [-0.15, -0.1) is 0 Å². The number of nitrogens with one attached hydrogen (secondary N) is 3. The minimum absolute atomic E-state index is 0.0216. The molecule has 7 nitrogen and oxygen atoms in total. The molecule has 2 aromatic rings. The minimum atomic E-state index is -0.124. The zero-order valence-corrected chi connectivity index (χ0v) is 16.7. The van der Waals surface area contributed by atoms with Gasteiger partial charge in [-0.2, -0.15) is 5.10 Å². The lowest BCUT2D eigenvalue weighted by atomic mass is 9.90. The van der Waals surface area contributed by atoms with Gasteiger partial charge >= 0.3 is 0 Å². The molecule has 1 aromatic heterocycles. The molecule has 0 aliphatic carbocycles. The molecule has 2 amide bonds. The monoisotopic (exact) mass is 383 g/mol. The number of carbonyl (C=O) groups excluding carboxylic acids is 2. The van der Waals surface area contributed by atoms with Gasteiger partial charge in [0.25, 0.3) is 5.91 Å². The van der Waals surface area contributed by atoms with E-state index in [0.29, 0.717) is 18.7 Å². The summed E-state index contributed by atoms with van der Waals surface area (Å²) in [4.78, 5) is 25.1. The Balaban J connectivity index is 1.60. The van der Waals surface area contributed by atoms with E-state index in [-0.39, 0.29) is 29.7 Å². The molecular weight excluding hydrogens is 354 g/mol. The van der Waals surface area contributed by atoms with Gasteiger partial charge in [-0.3, -0.25) is 14.3 Å². The molecule has 28 heavy (non-hydrogen) atoms. The quantitative estimate of drug-likeness (QED) is 0.677. The van der Waals surface area contributed by atoms with E-state index in [9.17, 15) is 9.59 Å². The molecule has 3 N–H and O–H groups in total. The van der Waals surface area contributed by atoms with Crippen molar-refractivity contribution in [2.75, 3.05) is 13.1 Å². The Bertz CT molecular complexity index is 832. The highest BCUT2D eigenvalue weighted by Crippen LogP contribution is 2.27. The summed E-state index contributed by atoms with van der Waals surface area (Å²) in [6.07, 6.45) is 4.68. The highest BCUT2D eigenvalue weighted by atomic mass is 16.2. The molecule has 3 rings (SSSR count). The van der Waals surface area contributed by atoms with Gasteiger partial charge in [-0.25, -0.2) is 0 Å². The van der Waals surface area contributed by atoms with Crippen LogP contribution in [0.4, 0.5) is 0 Å². The number of nitrogens with zero attached hydrogens (tertiary/aromatic N) is 2. The fourth-order valence-electron chi connectivity index (χ4n) is 3.49. The molecule has 0 saturated carbocycles. The number of hydrogen-bond acceptors (Lipinski definition) is 4. The van der Waals surface area contributed by atoms with Crippen molar-refractivity contribution >= 4 is 11.8 Å². The molecule has 0 spiro atoms. The topological polar surface area (TPSA) is 88.1 Å². The van der Waals surface area contributed by atoms with Crippen LogP contribution in [0.15, 0.2) is 36.7 Å². The molecule has 1 aliphatic rings. The van der Waals surface area contributed by atoms with Crippen molar-refractivity contribution in [3.63, 3.8) is 0 Å². The molecule has 1 saturated heterocycles. The molecule has 1 aromatic carbocycles. The van der Waals surface area contributed by atoms with E-state index in [1.165, 1.54) is 0 Å². The van der Waals surface area contributed by atoms with E-state index < -0.39 is 0 Å². The van der Waals surface area contributed by atoms with Crippen molar-refractivity contribution in [1.82, 2.24) is 25.7 Å². The van der Waals surface area contributed by atoms with E-state index in [1.54, 1.807) is 10.7 Å². The molecule has 0 radical (unpaired) electrons. The van der Waals surface area contributed by atoms with Crippen LogP contribution in [0.2, 0.25) is 0 Å². The van der Waals surface area contributed by atoms with E-state index >= 15 is 0 Å². The van der Waals surface area contributed by atoms with Crippen molar-refractivity contribution < 1.29 is 9.59 Å². The largest absolute Gasteiger partial charge is 0.352 e. The average Bonchev–Trinajstić information content (AvgIpc) is 3.35. The zero-order chi connectivity index (χ0) is 20.1. The third kappa shape index (κ3) is 4.78. The maximum absolute atomic E-state index is 12.8. The van der Waals surface area contributed by atoms with Gasteiger partial charge in [-0.1, -0.05) is 19.1 Å². The SMILES string of the molecule is CCC(C)NC(=O)c1cccc(CNC(=O)[C@H]2CNC[C@@H]2c2cnn(C)c2)c1. The molecule has 1 unspecified atom stereocenters. The maximum Gasteiger partial charge on any atom is 0.251 e. The maximum atomic E-state index is 12.8. The van der Waals surface area contributed by atoms with Crippen molar-refractivity contribution in [3.8, 4) is 0 Å². The molecule has 2 heterocycles. The van der Waals surface area contributed by atoms with Crippen molar-refractivity contribution in [3.05, 3.63) is 53.3 Å². The summed E-state index contributed by atoms with van der Waals surface area (Å²) >= 11 is 0. The third-order valence-corrected chi connectivity index (χ3v) is 5.35. The van der Waals surface area contributed by atoms with E-state index in [2.05, 4.69) is 21.0 Å². The van der Waals surface area contributed by atoms with Crippen LogP contribution in [-0.2, 0) is 18.4 Å². The summed E-state index contributed by atoms with van der Waals surface area (Å²) in [5.74, 6) is -0.0603. The predicted molar refractivity (Wildman–Crippen MR) is 108 cm³/mol. The summed E-state index contributed by atoms with van der Waals surface area (Å²) in [6, 6.07) is 7.54. The molecular formula is C21H29N5O2. The van der Waals surface area contributed by atoms with Gasteiger partial charge in [0.05, 0.1) is 12.1 Å². The van der Waals surface area contributed by atoms with Crippen LogP contribution in [0.25, 0.3) is 0 Å².